The van der Waals surface area contributed by atoms with Crippen molar-refractivity contribution in [1.29, 1.82) is 0 Å². The Labute approximate surface area is 242 Å². The van der Waals surface area contributed by atoms with Crippen LogP contribution in [-0.4, -0.2) is 40.0 Å². The molecule has 6 rings (SSSR count). The van der Waals surface area contributed by atoms with E-state index in [0.717, 1.165) is 10.5 Å². The second-order valence-electron chi connectivity index (χ2n) is 10.9. The molecule has 4 aromatic rings. The van der Waals surface area contributed by atoms with Gasteiger partial charge in [-0.15, -0.1) is 0 Å². The number of fused-ring (bicyclic) bond motifs is 2. The molecule has 42 heavy (non-hydrogen) atoms. The van der Waals surface area contributed by atoms with E-state index in [1.807, 2.05) is 30.3 Å². The van der Waals surface area contributed by atoms with Crippen LogP contribution in [0.4, 0.5) is 4.79 Å². The van der Waals surface area contributed by atoms with Crippen LogP contribution in [0.2, 0.25) is 0 Å². The molecule has 9 heteroatoms. The van der Waals surface area contributed by atoms with Crippen molar-refractivity contribution >= 4 is 34.4 Å². The lowest BCUT2D eigenvalue weighted by Gasteiger charge is -2.19. The Balaban J connectivity index is 1.48. The quantitative estimate of drug-likeness (QED) is 0.272. The molecule has 2 aliphatic heterocycles. The Kier molecular flexibility index (Phi) is 6.57. The van der Waals surface area contributed by atoms with Crippen molar-refractivity contribution in [1.82, 2.24) is 9.47 Å². The topological polar surface area (TPSA) is 96.3 Å². The first-order chi connectivity index (χ1) is 20.1. The second kappa shape index (κ2) is 10.3. The van der Waals surface area contributed by atoms with Gasteiger partial charge in [0.2, 0.25) is 0 Å². The maximum atomic E-state index is 13.6. The van der Waals surface area contributed by atoms with Gasteiger partial charge >= 0.3 is 6.09 Å². The first kappa shape index (κ1) is 26.9. The SMILES string of the molecule is CN1C(=O)C(C2=COc3ccccc3O2)=C(c2cn(C(=O)OC(C)(C)C)c3cc(OCc4ccccc4)ccc23)C1=O. The first-order valence-electron chi connectivity index (χ1n) is 13.4. The van der Waals surface area contributed by atoms with Crippen LogP contribution in [-0.2, 0) is 20.9 Å². The molecule has 0 atom stereocenters. The van der Waals surface area contributed by atoms with Crippen LogP contribution in [0.5, 0.6) is 17.2 Å². The second-order valence-corrected chi connectivity index (χ2v) is 10.9. The number of hydrogen-bond acceptors (Lipinski definition) is 7. The average Bonchev–Trinajstić information content (AvgIpc) is 3.45. The molecule has 0 saturated heterocycles. The molecule has 0 aliphatic carbocycles. The van der Waals surface area contributed by atoms with E-state index >= 15 is 0 Å². The van der Waals surface area contributed by atoms with Crippen LogP contribution in [0, 0.1) is 0 Å². The third kappa shape index (κ3) is 4.89. The van der Waals surface area contributed by atoms with Gasteiger partial charge in [-0.25, -0.2) is 4.79 Å². The zero-order chi connectivity index (χ0) is 29.6. The minimum atomic E-state index is -0.773. The number of hydrogen-bond donors (Lipinski definition) is 0. The molecule has 0 N–H and O–H groups in total. The van der Waals surface area contributed by atoms with Gasteiger partial charge in [0.15, 0.2) is 17.3 Å². The van der Waals surface area contributed by atoms with E-state index in [4.69, 9.17) is 18.9 Å². The lowest BCUT2D eigenvalue weighted by molar-refractivity contribution is -0.135. The Morgan fingerprint density at radius 3 is 2.31 bits per heavy atom. The normalized spacial score (nSPS) is 14.9. The van der Waals surface area contributed by atoms with Gasteiger partial charge in [-0.05, 0) is 50.6 Å². The summed E-state index contributed by atoms with van der Waals surface area (Å²) in [6, 6.07) is 22.0. The number of rotatable bonds is 5. The Hall–Kier alpha value is -5.31. The number of nitrogens with zero attached hydrogens (tertiary/aromatic N) is 2. The predicted molar refractivity (Wildman–Crippen MR) is 155 cm³/mol. The fourth-order valence-electron chi connectivity index (χ4n) is 4.82. The standard InChI is InChI=1S/C33H28N2O7/c1-33(2,3)42-32(38)35-17-23(22-15-14-21(16-24(22)35)39-18-20-10-6-5-7-11-20)28-29(31(37)34(4)30(28)36)27-19-40-25-12-8-9-13-26(25)41-27/h5-17,19H,18H2,1-4H3. The van der Waals surface area contributed by atoms with Crippen molar-refractivity contribution < 1.29 is 33.3 Å². The van der Waals surface area contributed by atoms with Gasteiger partial charge in [-0.3, -0.25) is 19.1 Å². The first-order valence-corrected chi connectivity index (χ1v) is 13.4. The summed E-state index contributed by atoms with van der Waals surface area (Å²) in [5.41, 5.74) is 1.15. The van der Waals surface area contributed by atoms with Gasteiger partial charge in [-0.1, -0.05) is 42.5 Å². The fourth-order valence-corrected chi connectivity index (χ4v) is 4.82. The summed E-state index contributed by atoms with van der Waals surface area (Å²) in [5.74, 6) is 0.416. The van der Waals surface area contributed by atoms with Crippen LogP contribution in [0.3, 0.4) is 0 Å². The van der Waals surface area contributed by atoms with E-state index in [9.17, 15) is 14.4 Å². The molecule has 3 aromatic carbocycles. The number of ether oxygens (including phenoxy) is 4. The van der Waals surface area contributed by atoms with E-state index in [1.54, 1.807) is 63.2 Å². The van der Waals surface area contributed by atoms with Crippen molar-refractivity contribution in [3.8, 4) is 17.2 Å². The minimum Gasteiger partial charge on any atom is -0.489 e. The van der Waals surface area contributed by atoms with Gasteiger partial charge in [0.05, 0.1) is 16.7 Å². The highest BCUT2D eigenvalue weighted by atomic mass is 16.6. The van der Waals surface area contributed by atoms with Gasteiger partial charge < -0.3 is 18.9 Å². The Morgan fingerprint density at radius 1 is 0.881 bits per heavy atom. The predicted octanol–water partition coefficient (Wildman–Crippen LogP) is 6.07. The van der Waals surface area contributed by atoms with Gasteiger partial charge in [0.1, 0.15) is 24.2 Å². The summed E-state index contributed by atoms with van der Waals surface area (Å²) in [6.45, 7) is 5.63. The number of amides is 2. The van der Waals surface area contributed by atoms with Crippen LogP contribution in [0.15, 0.2) is 96.6 Å². The molecule has 9 nitrogen and oxygen atoms in total. The molecule has 212 valence electrons. The van der Waals surface area contributed by atoms with Gasteiger partial charge in [0, 0.05) is 30.3 Å². The summed E-state index contributed by atoms with van der Waals surface area (Å²) < 4.78 is 24.8. The molecule has 3 heterocycles. The molecule has 0 unspecified atom stereocenters. The number of para-hydroxylation sites is 2. The van der Waals surface area contributed by atoms with Crippen molar-refractivity contribution in [3.05, 3.63) is 108 Å². The number of carbonyl (C=O) groups is 3. The number of carbonyl (C=O) groups excluding carboxylic acids is 3. The summed E-state index contributed by atoms with van der Waals surface area (Å²) in [7, 11) is 1.40. The fraction of sp³-hybridized carbons (Fsp3) is 0.182. The average molecular weight is 565 g/mol. The lowest BCUT2D eigenvalue weighted by Crippen LogP contribution is -2.27. The largest absolute Gasteiger partial charge is 0.489 e. The number of imide groups is 1. The van der Waals surface area contributed by atoms with E-state index in [1.165, 1.54) is 24.1 Å². The molecule has 0 bridgehead atoms. The Bertz CT molecular complexity index is 1810. The van der Waals surface area contributed by atoms with Crippen LogP contribution < -0.4 is 14.2 Å². The number of likely N-dealkylation sites (N-methyl/N-ethyl adjacent to an activating group) is 1. The third-order valence-corrected chi connectivity index (χ3v) is 6.78. The van der Waals surface area contributed by atoms with Crippen LogP contribution >= 0.6 is 0 Å². The van der Waals surface area contributed by atoms with Crippen molar-refractivity contribution in [2.45, 2.75) is 33.0 Å². The molecule has 0 fully saturated rings. The third-order valence-electron chi connectivity index (χ3n) is 6.78. The summed E-state index contributed by atoms with van der Waals surface area (Å²) >= 11 is 0. The van der Waals surface area contributed by atoms with E-state index in [-0.39, 0.29) is 16.9 Å². The van der Waals surface area contributed by atoms with E-state index in [2.05, 4.69) is 0 Å². The van der Waals surface area contributed by atoms with E-state index in [0.29, 0.717) is 40.3 Å². The number of benzene rings is 3. The monoisotopic (exact) mass is 564 g/mol. The maximum Gasteiger partial charge on any atom is 0.419 e. The lowest BCUT2D eigenvalue weighted by atomic mass is 9.99. The highest BCUT2D eigenvalue weighted by molar-refractivity contribution is 6.38. The summed E-state index contributed by atoms with van der Waals surface area (Å²) in [5, 5.41) is 0.551. The molecular weight excluding hydrogens is 536 g/mol. The zero-order valence-corrected chi connectivity index (χ0v) is 23.5. The molecule has 2 amide bonds. The van der Waals surface area contributed by atoms with Crippen LogP contribution in [0.25, 0.3) is 16.5 Å². The Morgan fingerprint density at radius 2 is 1.57 bits per heavy atom. The van der Waals surface area contributed by atoms with Crippen molar-refractivity contribution in [2.75, 3.05) is 7.05 Å². The van der Waals surface area contributed by atoms with Gasteiger partial charge in [-0.2, -0.15) is 0 Å². The summed E-state index contributed by atoms with van der Waals surface area (Å²) in [6.07, 6.45) is 2.18. The van der Waals surface area contributed by atoms with Crippen molar-refractivity contribution in [2.24, 2.45) is 0 Å². The van der Waals surface area contributed by atoms with Crippen molar-refractivity contribution in [3.63, 3.8) is 0 Å². The van der Waals surface area contributed by atoms with Gasteiger partial charge in [0.25, 0.3) is 11.8 Å². The molecule has 0 radical (unpaired) electrons. The molecule has 1 aromatic heterocycles. The zero-order valence-electron chi connectivity index (χ0n) is 23.5. The molecule has 0 saturated carbocycles. The highest BCUT2D eigenvalue weighted by Crippen LogP contribution is 2.41. The summed E-state index contributed by atoms with van der Waals surface area (Å²) in [4.78, 5) is 41.4. The van der Waals surface area contributed by atoms with Crippen LogP contribution in [0.1, 0.15) is 31.9 Å². The van der Waals surface area contributed by atoms with E-state index < -0.39 is 23.5 Å². The molecule has 2 aliphatic rings. The minimum absolute atomic E-state index is 0.0321. The molecular formula is C33H28N2O7. The smallest absolute Gasteiger partial charge is 0.419 e. The highest BCUT2D eigenvalue weighted by Gasteiger charge is 2.42. The maximum absolute atomic E-state index is 13.6. The number of aromatic nitrogens is 1. The molecule has 0 spiro atoms.